The zero-order chi connectivity index (χ0) is 21.1. The van der Waals surface area contributed by atoms with E-state index < -0.39 is 43.2 Å². The number of nitrogens with zero attached hydrogens (tertiary/aromatic N) is 1. The Morgan fingerprint density at radius 3 is 2.18 bits per heavy atom. The van der Waals surface area contributed by atoms with Gasteiger partial charge in [-0.2, -0.15) is 0 Å². The van der Waals surface area contributed by atoms with E-state index in [0.29, 0.717) is 5.56 Å². The summed E-state index contributed by atoms with van der Waals surface area (Å²) in [6.07, 6.45) is 0.535. The van der Waals surface area contributed by atoms with Crippen LogP contribution in [-0.2, 0) is 21.0 Å². The molecular weight excluding hydrogens is 386 g/mol. The summed E-state index contributed by atoms with van der Waals surface area (Å²) in [4.78, 5) is 34.4. The van der Waals surface area contributed by atoms with Crippen molar-refractivity contribution in [2.24, 2.45) is 0 Å². The molecule has 0 aliphatic carbocycles. The van der Waals surface area contributed by atoms with E-state index >= 15 is 0 Å². The van der Waals surface area contributed by atoms with Gasteiger partial charge in [0.1, 0.15) is 4.90 Å². The predicted molar refractivity (Wildman–Crippen MR) is 101 cm³/mol. The average Bonchev–Trinajstić information content (AvgIpc) is 2.66. The molecule has 0 spiro atoms. The van der Waals surface area contributed by atoms with Crippen LogP contribution < -0.4 is 0 Å². The average molecular weight is 405 g/mol. The van der Waals surface area contributed by atoms with Gasteiger partial charge in [-0.3, -0.25) is 14.9 Å². The van der Waals surface area contributed by atoms with Crippen molar-refractivity contribution in [3.05, 3.63) is 69.3 Å². The van der Waals surface area contributed by atoms with Crippen LogP contribution in [0.2, 0.25) is 0 Å². The van der Waals surface area contributed by atoms with Gasteiger partial charge in [0.2, 0.25) is 5.78 Å². The molecule has 9 heteroatoms. The maximum Gasteiger partial charge on any atom is 0.339 e. The van der Waals surface area contributed by atoms with Crippen LogP contribution in [0.4, 0.5) is 5.69 Å². The molecule has 28 heavy (non-hydrogen) atoms. The molecule has 0 aliphatic heterocycles. The van der Waals surface area contributed by atoms with E-state index in [9.17, 15) is 28.1 Å². The first-order chi connectivity index (χ1) is 13.0. The number of rotatable bonds is 7. The van der Waals surface area contributed by atoms with Crippen LogP contribution in [0.3, 0.4) is 0 Å². The van der Waals surface area contributed by atoms with Gasteiger partial charge in [0.15, 0.2) is 15.9 Å². The number of nitro groups is 1. The molecular formula is C19H19NO7S. The van der Waals surface area contributed by atoms with Crippen molar-refractivity contribution in [1.29, 1.82) is 0 Å². The molecule has 0 bridgehead atoms. The van der Waals surface area contributed by atoms with Crippen LogP contribution in [0.5, 0.6) is 0 Å². The summed E-state index contributed by atoms with van der Waals surface area (Å²) in [6, 6.07) is 9.78. The molecule has 1 atom stereocenters. The minimum absolute atomic E-state index is 0.222. The summed E-state index contributed by atoms with van der Waals surface area (Å²) in [5.74, 6) is -1.38. The number of ether oxygens (including phenoxy) is 1. The van der Waals surface area contributed by atoms with Crippen LogP contribution in [0.15, 0.2) is 47.4 Å². The predicted octanol–water partition coefficient (Wildman–Crippen LogP) is 2.99. The van der Waals surface area contributed by atoms with Crippen LogP contribution in [0, 0.1) is 10.1 Å². The van der Waals surface area contributed by atoms with E-state index in [4.69, 9.17) is 4.74 Å². The molecule has 148 valence electrons. The molecule has 0 radical (unpaired) electrons. The normalized spacial score (nSPS) is 12.2. The molecule has 0 saturated heterocycles. The number of carbonyl (C=O) groups is 2. The molecule has 0 amide bonds. The van der Waals surface area contributed by atoms with Gasteiger partial charge in [-0.05, 0) is 31.0 Å². The van der Waals surface area contributed by atoms with Gasteiger partial charge in [0.25, 0.3) is 5.69 Å². The summed E-state index contributed by atoms with van der Waals surface area (Å²) in [5.41, 5.74) is 0.474. The van der Waals surface area contributed by atoms with Crippen LogP contribution in [0.1, 0.15) is 40.1 Å². The lowest BCUT2D eigenvalue weighted by Gasteiger charge is -2.13. The standard InChI is InChI=1S/C19H19NO7S/c1-4-13-5-7-14(8-6-13)18(21)12(2)27-19(22)15-9-10-17(28(3,25)26)16(11-15)20(23)24/h5-12H,4H2,1-3H3/t12-/m0/s1. The molecule has 0 N–H and O–H groups in total. The summed E-state index contributed by atoms with van der Waals surface area (Å²) < 4.78 is 28.4. The Kier molecular flexibility index (Phi) is 6.30. The zero-order valence-corrected chi connectivity index (χ0v) is 16.4. The topological polar surface area (TPSA) is 121 Å². The van der Waals surface area contributed by atoms with Crippen molar-refractivity contribution < 1.29 is 27.7 Å². The van der Waals surface area contributed by atoms with Crippen molar-refractivity contribution in [1.82, 2.24) is 0 Å². The van der Waals surface area contributed by atoms with Gasteiger partial charge in [-0.15, -0.1) is 0 Å². The highest BCUT2D eigenvalue weighted by atomic mass is 32.2. The van der Waals surface area contributed by atoms with Gasteiger partial charge in [0.05, 0.1) is 10.5 Å². The quantitative estimate of drug-likeness (QED) is 0.300. The summed E-state index contributed by atoms with van der Waals surface area (Å²) >= 11 is 0. The summed E-state index contributed by atoms with van der Waals surface area (Å²) in [6.45, 7) is 3.38. The number of sulfone groups is 1. The molecule has 2 rings (SSSR count). The highest BCUT2D eigenvalue weighted by Gasteiger charge is 2.26. The number of aryl methyl sites for hydroxylation is 1. The van der Waals surface area contributed by atoms with Crippen molar-refractivity contribution in [3.63, 3.8) is 0 Å². The monoisotopic (exact) mass is 405 g/mol. The number of nitro benzene ring substituents is 1. The Bertz CT molecular complexity index is 1030. The molecule has 0 saturated carbocycles. The van der Waals surface area contributed by atoms with Gasteiger partial charge in [0, 0.05) is 17.9 Å². The number of esters is 1. The molecule has 8 nitrogen and oxygen atoms in total. The zero-order valence-electron chi connectivity index (χ0n) is 15.5. The third kappa shape index (κ3) is 4.80. The van der Waals surface area contributed by atoms with E-state index in [1.54, 1.807) is 24.3 Å². The second-order valence-corrected chi connectivity index (χ2v) is 8.16. The Labute approximate surface area is 162 Å². The second kappa shape index (κ2) is 8.30. The smallest absolute Gasteiger partial charge is 0.339 e. The number of hydrogen-bond donors (Lipinski definition) is 0. The Balaban J connectivity index is 2.22. The van der Waals surface area contributed by atoms with E-state index in [-0.39, 0.29) is 5.56 Å². The number of benzene rings is 2. The fraction of sp³-hybridized carbons (Fsp3) is 0.263. The highest BCUT2D eigenvalue weighted by molar-refractivity contribution is 7.90. The van der Waals surface area contributed by atoms with Crippen molar-refractivity contribution >= 4 is 27.3 Å². The van der Waals surface area contributed by atoms with Crippen molar-refractivity contribution in [3.8, 4) is 0 Å². The number of carbonyl (C=O) groups excluding carboxylic acids is 2. The lowest BCUT2D eigenvalue weighted by atomic mass is 10.0. The Hall–Kier alpha value is -3.07. The number of ketones is 1. The lowest BCUT2D eigenvalue weighted by molar-refractivity contribution is -0.387. The maximum absolute atomic E-state index is 12.4. The van der Waals surface area contributed by atoms with E-state index in [1.807, 2.05) is 6.92 Å². The molecule has 0 heterocycles. The van der Waals surface area contributed by atoms with Gasteiger partial charge in [-0.25, -0.2) is 13.2 Å². The van der Waals surface area contributed by atoms with E-state index in [2.05, 4.69) is 0 Å². The first kappa shape index (κ1) is 21.2. The highest BCUT2D eigenvalue weighted by Crippen LogP contribution is 2.25. The fourth-order valence-corrected chi connectivity index (χ4v) is 3.35. The number of hydrogen-bond acceptors (Lipinski definition) is 7. The van der Waals surface area contributed by atoms with Gasteiger partial charge in [-0.1, -0.05) is 31.2 Å². The summed E-state index contributed by atoms with van der Waals surface area (Å²) in [7, 11) is -3.85. The SMILES string of the molecule is CCc1ccc(C(=O)[C@H](C)OC(=O)c2ccc(S(C)(=O)=O)c([N+](=O)[O-])c2)cc1. The first-order valence-corrected chi connectivity index (χ1v) is 10.3. The number of Topliss-reactive ketones (excluding diaryl/α,β-unsaturated/α-hetero) is 1. The minimum Gasteiger partial charge on any atom is -0.451 e. The second-order valence-electron chi connectivity index (χ2n) is 6.17. The molecule has 0 aliphatic rings. The van der Waals surface area contributed by atoms with Crippen molar-refractivity contribution in [2.45, 2.75) is 31.3 Å². The largest absolute Gasteiger partial charge is 0.451 e. The molecule has 0 unspecified atom stereocenters. The maximum atomic E-state index is 12.4. The third-order valence-electron chi connectivity index (χ3n) is 4.09. The van der Waals surface area contributed by atoms with Gasteiger partial charge < -0.3 is 4.74 Å². The van der Waals surface area contributed by atoms with Crippen molar-refractivity contribution in [2.75, 3.05) is 6.26 Å². The molecule has 2 aromatic carbocycles. The van der Waals surface area contributed by atoms with E-state index in [1.165, 1.54) is 6.92 Å². The van der Waals surface area contributed by atoms with Crippen LogP contribution in [-0.4, -0.2) is 37.5 Å². The first-order valence-electron chi connectivity index (χ1n) is 8.37. The summed E-state index contributed by atoms with van der Waals surface area (Å²) in [5, 5.41) is 11.1. The van der Waals surface area contributed by atoms with E-state index in [0.717, 1.165) is 36.4 Å². The Morgan fingerprint density at radius 2 is 1.68 bits per heavy atom. The molecule has 0 fully saturated rings. The van der Waals surface area contributed by atoms with Crippen LogP contribution in [0.25, 0.3) is 0 Å². The fourth-order valence-electron chi connectivity index (χ4n) is 2.52. The lowest BCUT2D eigenvalue weighted by Crippen LogP contribution is -2.24. The Morgan fingerprint density at radius 1 is 1.11 bits per heavy atom. The molecule has 0 aromatic heterocycles. The van der Waals surface area contributed by atoms with Crippen LogP contribution >= 0.6 is 0 Å². The molecule has 2 aromatic rings. The minimum atomic E-state index is -3.85. The van der Waals surface area contributed by atoms with Gasteiger partial charge >= 0.3 is 5.97 Å². The third-order valence-corrected chi connectivity index (χ3v) is 5.23.